The summed E-state index contributed by atoms with van der Waals surface area (Å²) >= 11 is 5.49. The molecule has 0 aliphatic carbocycles. The van der Waals surface area contributed by atoms with Crippen molar-refractivity contribution >= 4 is 56.3 Å². The molecule has 3 aromatic carbocycles. The van der Waals surface area contributed by atoms with Gasteiger partial charge in [0, 0.05) is 16.6 Å². The zero-order valence-electron chi connectivity index (χ0n) is 17.5. The molecule has 0 bridgehead atoms. The fraction of sp³-hybridized carbons (Fsp3) is 0.130. The van der Waals surface area contributed by atoms with E-state index in [-0.39, 0.29) is 24.6 Å². The number of benzene rings is 3. The van der Waals surface area contributed by atoms with Gasteiger partial charge in [0.15, 0.2) is 11.5 Å². The third-order valence-electron chi connectivity index (χ3n) is 4.46. The van der Waals surface area contributed by atoms with E-state index < -0.39 is 4.92 Å². The minimum atomic E-state index is -0.444. The molecule has 3 aromatic rings. The molecule has 0 heterocycles. The lowest BCUT2D eigenvalue weighted by Crippen LogP contribution is -2.19. The minimum Gasteiger partial charge on any atom is -0.493 e. The fourth-order valence-corrected chi connectivity index (χ4v) is 3.88. The highest BCUT2D eigenvalue weighted by atomic mass is 127. The van der Waals surface area contributed by atoms with E-state index in [0.29, 0.717) is 11.5 Å². The van der Waals surface area contributed by atoms with Gasteiger partial charge in [-0.05, 0) is 75.7 Å². The number of ether oxygens (including phenoxy) is 2. The highest BCUT2D eigenvalue weighted by molar-refractivity contribution is 14.1. The second-order valence-electron chi connectivity index (χ2n) is 6.84. The number of methoxy groups -OCH3 is 1. The van der Waals surface area contributed by atoms with Gasteiger partial charge < -0.3 is 9.47 Å². The van der Waals surface area contributed by atoms with Crippen LogP contribution in [-0.2, 0) is 17.8 Å². The SMILES string of the molecule is COc1cc(/C=N/NC(=O)Cc2ccc(Br)cc2)cc(I)c1OCc1ccc([N+](=O)[O-])cc1. The van der Waals surface area contributed by atoms with Crippen molar-refractivity contribution in [1.29, 1.82) is 0 Å². The van der Waals surface area contributed by atoms with Gasteiger partial charge in [-0.25, -0.2) is 5.43 Å². The van der Waals surface area contributed by atoms with Crippen molar-refractivity contribution in [2.24, 2.45) is 5.10 Å². The van der Waals surface area contributed by atoms with Crippen LogP contribution in [0.1, 0.15) is 16.7 Å². The molecule has 0 fully saturated rings. The van der Waals surface area contributed by atoms with Crippen molar-refractivity contribution in [2.75, 3.05) is 7.11 Å². The number of nitro groups is 1. The number of carbonyl (C=O) groups is 1. The number of nitro benzene ring substituents is 1. The molecule has 0 saturated heterocycles. The van der Waals surface area contributed by atoms with E-state index >= 15 is 0 Å². The van der Waals surface area contributed by atoms with Gasteiger partial charge >= 0.3 is 0 Å². The Balaban J connectivity index is 1.62. The third kappa shape index (κ3) is 7.26. The Bertz CT molecular complexity index is 1170. The summed E-state index contributed by atoms with van der Waals surface area (Å²) in [5, 5.41) is 14.8. The van der Waals surface area contributed by atoms with E-state index in [1.165, 1.54) is 25.5 Å². The molecule has 1 amide bonds. The van der Waals surface area contributed by atoms with E-state index in [1.54, 1.807) is 18.2 Å². The van der Waals surface area contributed by atoms with Crippen molar-refractivity contribution in [3.05, 3.63) is 95.5 Å². The van der Waals surface area contributed by atoms with Crippen LogP contribution in [0.4, 0.5) is 5.69 Å². The zero-order chi connectivity index (χ0) is 23.8. The summed E-state index contributed by atoms with van der Waals surface area (Å²) in [7, 11) is 1.53. The molecule has 0 atom stereocenters. The van der Waals surface area contributed by atoms with Crippen LogP contribution in [0.15, 0.2) is 70.2 Å². The summed E-state index contributed by atoms with van der Waals surface area (Å²) < 4.78 is 13.1. The predicted octanol–water partition coefficient (Wildman–Crippen LogP) is 5.24. The van der Waals surface area contributed by atoms with Gasteiger partial charge in [0.1, 0.15) is 6.61 Å². The lowest BCUT2D eigenvalue weighted by atomic mass is 10.1. The first-order valence-electron chi connectivity index (χ1n) is 9.65. The van der Waals surface area contributed by atoms with E-state index in [1.807, 2.05) is 30.3 Å². The molecule has 0 aliphatic heterocycles. The molecule has 3 rings (SSSR count). The fourth-order valence-electron chi connectivity index (χ4n) is 2.83. The van der Waals surface area contributed by atoms with Crippen LogP contribution >= 0.6 is 38.5 Å². The van der Waals surface area contributed by atoms with E-state index in [4.69, 9.17) is 9.47 Å². The number of hydrazone groups is 1. The standard InChI is InChI=1S/C23H19BrIN3O5/c1-32-21-11-17(13-26-27-22(29)12-15-2-6-18(24)7-3-15)10-20(25)23(21)33-14-16-4-8-19(9-5-16)28(30)31/h2-11,13H,12,14H2,1H3,(H,27,29)/b26-13+. The first-order chi connectivity index (χ1) is 15.9. The van der Waals surface area contributed by atoms with Crippen LogP contribution in [0, 0.1) is 13.7 Å². The number of rotatable bonds is 9. The smallest absolute Gasteiger partial charge is 0.269 e. The van der Waals surface area contributed by atoms with Crippen LogP contribution in [0.25, 0.3) is 0 Å². The van der Waals surface area contributed by atoms with Crippen molar-refractivity contribution in [3.8, 4) is 11.5 Å². The molecular formula is C23H19BrIN3O5. The largest absolute Gasteiger partial charge is 0.493 e. The number of nitrogens with one attached hydrogen (secondary N) is 1. The molecule has 8 nitrogen and oxygen atoms in total. The molecule has 0 aromatic heterocycles. The Hall–Kier alpha value is -2.99. The van der Waals surface area contributed by atoms with Gasteiger partial charge in [-0.2, -0.15) is 5.10 Å². The number of nitrogens with zero attached hydrogens (tertiary/aromatic N) is 2. The molecule has 10 heteroatoms. The quantitative estimate of drug-likeness (QED) is 0.152. The summed E-state index contributed by atoms with van der Waals surface area (Å²) in [6.07, 6.45) is 1.76. The maximum atomic E-state index is 12.1. The summed E-state index contributed by atoms with van der Waals surface area (Å²) in [4.78, 5) is 22.4. The van der Waals surface area contributed by atoms with E-state index in [9.17, 15) is 14.9 Å². The normalized spacial score (nSPS) is 10.8. The van der Waals surface area contributed by atoms with Crippen LogP contribution in [0.2, 0.25) is 0 Å². The maximum Gasteiger partial charge on any atom is 0.269 e. The van der Waals surface area contributed by atoms with Gasteiger partial charge in [0.2, 0.25) is 5.91 Å². The van der Waals surface area contributed by atoms with Crippen molar-refractivity contribution in [3.63, 3.8) is 0 Å². The molecule has 0 radical (unpaired) electrons. The molecule has 0 saturated carbocycles. The lowest BCUT2D eigenvalue weighted by Gasteiger charge is -2.13. The first-order valence-corrected chi connectivity index (χ1v) is 11.5. The Labute approximate surface area is 212 Å². The maximum absolute atomic E-state index is 12.1. The molecule has 33 heavy (non-hydrogen) atoms. The Morgan fingerprint density at radius 2 is 1.82 bits per heavy atom. The lowest BCUT2D eigenvalue weighted by molar-refractivity contribution is -0.384. The molecule has 0 unspecified atom stereocenters. The highest BCUT2D eigenvalue weighted by Gasteiger charge is 2.12. The number of halogens is 2. The average Bonchev–Trinajstić information content (AvgIpc) is 2.80. The predicted molar refractivity (Wildman–Crippen MR) is 137 cm³/mol. The van der Waals surface area contributed by atoms with Crippen LogP contribution in [0.3, 0.4) is 0 Å². The van der Waals surface area contributed by atoms with Gasteiger partial charge in [0.25, 0.3) is 5.69 Å². The number of amides is 1. The minimum absolute atomic E-state index is 0.0264. The monoisotopic (exact) mass is 623 g/mol. The second kappa shape index (κ2) is 11.8. The van der Waals surface area contributed by atoms with Crippen LogP contribution < -0.4 is 14.9 Å². The van der Waals surface area contributed by atoms with Gasteiger partial charge in [-0.15, -0.1) is 0 Å². The van der Waals surface area contributed by atoms with E-state index in [2.05, 4.69) is 49.0 Å². The summed E-state index contributed by atoms with van der Waals surface area (Å²) in [6.45, 7) is 0.226. The average molecular weight is 624 g/mol. The summed E-state index contributed by atoms with van der Waals surface area (Å²) in [6, 6.07) is 17.3. The Morgan fingerprint density at radius 1 is 1.15 bits per heavy atom. The first kappa shape index (κ1) is 24.6. The summed E-state index contributed by atoms with van der Waals surface area (Å²) in [5.74, 6) is 0.831. The summed E-state index contributed by atoms with van der Waals surface area (Å²) in [5.41, 5.74) is 4.95. The molecule has 0 aliphatic rings. The Morgan fingerprint density at radius 3 is 2.45 bits per heavy atom. The van der Waals surface area contributed by atoms with Gasteiger partial charge in [-0.1, -0.05) is 28.1 Å². The molecule has 1 N–H and O–H groups in total. The number of non-ortho nitro benzene ring substituents is 1. The van der Waals surface area contributed by atoms with Crippen molar-refractivity contribution < 1.29 is 19.2 Å². The van der Waals surface area contributed by atoms with Gasteiger partial charge in [0.05, 0.1) is 28.2 Å². The third-order valence-corrected chi connectivity index (χ3v) is 5.79. The molecule has 170 valence electrons. The Kier molecular flexibility index (Phi) is 8.78. The number of carbonyl (C=O) groups excluding carboxylic acids is 1. The molecule has 0 spiro atoms. The van der Waals surface area contributed by atoms with Gasteiger partial charge in [-0.3, -0.25) is 14.9 Å². The molecular weight excluding hydrogens is 605 g/mol. The van der Waals surface area contributed by atoms with Crippen molar-refractivity contribution in [2.45, 2.75) is 13.0 Å². The van der Waals surface area contributed by atoms with Crippen LogP contribution in [-0.4, -0.2) is 24.2 Å². The zero-order valence-corrected chi connectivity index (χ0v) is 21.2. The highest BCUT2D eigenvalue weighted by Crippen LogP contribution is 2.34. The topological polar surface area (TPSA) is 103 Å². The van der Waals surface area contributed by atoms with Crippen molar-refractivity contribution in [1.82, 2.24) is 5.43 Å². The second-order valence-corrected chi connectivity index (χ2v) is 8.92. The van der Waals surface area contributed by atoms with Crippen LogP contribution in [0.5, 0.6) is 11.5 Å². The number of hydrogen-bond acceptors (Lipinski definition) is 6. The number of hydrogen-bond donors (Lipinski definition) is 1. The van der Waals surface area contributed by atoms with E-state index in [0.717, 1.165) is 24.7 Å².